The number of piperazine rings is 1. The second-order valence-corrected chi connectivity index (χ2v) is 12.1. The highest BCUT2D eigenvalue weighted by atomic mass is 35.5. The van der Waals surface area contributed by atoms with Crippen molar-refractivity contribution in [3.05, 3.63) is 23.8 Å². The number of nitrogens with one attached hydrogen (secondary N) is 1. The average Bonchev–Trinajstić information content (AvgIpc) is 2.94. The SMILES string of the molecule is COC[C@H]1CN[C@H](C)CN1CC(=O)N1CC(C)(C)c2ccc(S(=O)(=O)CC(C)C)cc21.Cl.Cl. The number of anilines is 1. The Bertz CT molecular complexity index is 924. The van der Waals surface area contributed by atoms with Crippen molar-refractivity contribution in [2.75, 3.05) is 50.5 Å². The summed E-state index contributed by atoms with van der Waals surface area (Å²) in [5.41, 5.74) is 1.52. The molecule has 33 heavy (non-hydrogen) atoms. The molecular weight excluding hydrogens is 485 g/mol. The maximum Gasteiger partial charge on any atom is 0.241 e. The molecule has 1 fully saturated rings. The van der Waals surface area contributed by atoms with Gasteiger partial charge in [-0.2, -0.15) is 0 Å². The second-order valence-electron chi connectivity index (χ2n) is 10.1. The van der Waals surface area contributed by atoms with Crippen molar-refractivity contribution in [2.45, 2.75) is 57.0 Å². The Hall–Kier alpha value is -0.900. The summed E-state index contributed by atoms with van der Waals surface area (Å²) in [4.78, 5) is 17.7. The van der Waals surface area contributed by atoms with Crippen LogP contribution in [0.3, 0.4) is 0 Å². The molecule has 2 atom stereocenters. The number of benzene rings is 1. The lowest BCUT2D eigenvalue weighted by atomic mass is 9.87. The molecule has 1 amide bonds. The van der Waals surface area contributed by atoms with Crippen molar-refractivity contribution in [1.82, 2.24) is 10.2 Å². The third-order valence-electron chi connectivity index (χ3n) is 6.18. The molecule has 1 saturated heterocycles. The summed E-state index contributed by atoms with van der Waals surface area (Å²) in [7, 11) is -1.71. The summed E-state index contributed by atoms with van der Waals surface area (Å²) in [6.45, 7) is 13.1. The molecule has 0 saturated carbocycles. The molecule has 2 heterocycles. The third kappa shape index (κ3) is 6.83. The number of methoxy groups -OCH3 is 1. The van der Waals surface area contributed by atoms with E-state index in [9.17, 15) is 13.2 Å². The van der Waals surface area contributed by atoms with Gasteiger partial charge < -0.3 is 15.0 Å². The third-order valence-corrected chi connectivity index (χ3v) is 8.26. The number of ether oxygens (including phenoxy) is 1. The number of rotatable bonds is 7. The smallest absolute Gasteiger partial charge is 0.241 e. The minimum Gasteiger partial charge on any atom is -0.383 e. The number of hydrogen-bond acceptors (Lipinski definition) is 6. The van der Waals surface area contributed by atoms with E-state index in [1.807, 2.05) is 19.9 Å². The number of nitrogens with zero attached hydrogens (tertiary/aromatic N) is 2. The Balaban J connectivity index is 0.00000272. The maximum absolute atomic E-state index is 13.4. The Kier molecular flexibility index (Phi) is 10.7. The zero-order valence-corrected chi connectivity index (χ0v) is 22.9. The van der Waals surface area contributed by atoms with Crippen LogP contribution in [0.1, 0.15) is 40.2 Å². The number of carbonyl (C=O) groups is 1. The predicted molar refractivity (Wildman–Crippen MR) is 138 cm³/mol. The van der Waals surface area contributed by atoms with Gasteiger partial charge in [0.05, 0.1) is 23.8 Å². The second kappa shape index (κ2) is 11.7. The van der Waals surface area contributed by atoms with E-state index in [0.717, 1.165) is 24.3 Å². The normalized spacial score (nSPS) is 22.5. The first-order chi connectivity index (χ1) is 14.4. The molecule has 1 aromatic carbocycles. The molecule has 0 bridgehead atoms. The number of halogens is 2. The van der Waals surface area contributed by atoms with E-state index in [0.29, 0.717) is 30.6 Å². The van der Waals surface area contributed by atoms with Gasteiger partial charge in [-0.3, -0.25) is 9.69 Å². The van der Waals surface area contributed by atoms with Crippen molar-refractivity contribution in [1.29, 1.82) is 0 Å². The van der Waals surface area contributed by atoms with E-state index in [4.69, 9.17) is 4.74 Å². The molecule has 0 radical (unpaired) electrons. The van der Waals surface area contributed by atoms with E-state index in [1.165, 1.54) is 0 Å². The van der Waals surface area contributed by atoms with Crippen LogP contribution in [0.2, 0.25) is 0 Å². The van der Waals surface area contributed by atoms with Crippen molar-refractivity contribution >= 4 is 46.2 Å². The predicted octanol–water partition coefficient (Wildman–Crippen LogP) is 2.89. The highest BCUT2D eigenvalue weighted by molar-refractivity contribution is 7.91. The van der Waals surface area contributed by atoms with Gasteiger partial charge in [-0.1, -0.05) is 33.8 Å². The molecule has 190 valence electrons. The number of carbonyl (C=O) groups excluding carboxylic acids is 1. The van der Waals surface area contributed by atoms with E-state index >= 15 is 0 Å². The molecule has 0 aliphatic carbocycles. The highest BCUT2D eigenvalue weighted by Gasteiger charge is 2.40. The van der Waals surface area contributed by atoms with Gasteiger partial charge in [-0.15, -0.1) is 24.8 Å². The number of amides is 1. The summed E-state index contributed by atoms with van der Waals surface area (Å²) in [6, 6.07) is 5.72. The summed E-state index contributed by atoms with van der Waals surface area (Å²) < 4.78 is 31.0. The molecule has 0 spiro atoms. The number of sulfone groups is 1. The zero-order chi connectivity index (χ0) is 23.0. The fraction of sp³-hybridized carbons (Fsp3) is 0.696. The van der Waals surface area contributed by atoms with E-state index in [-0.39, 0.29) is 53.8 Å². The van der Waals surface area contributed by atoms with Gasteiger partial charge in [0.25, 0.3) is 0 Å². The molecule has 0 unspecified atom stereocenters. The van der Waals surface area contributed by atoms with Gasteiger partial charge in [0, 0.05) is 49.9 Å². The maximum atomic E-state index is 13.4. The minimum atomic E-state index is -3.39. The van der Waals surface area contributed by atoms with E-state index in [2.05, 4.69) is 31.0 Å². The Morgan fingerprint density at radius 3 is 2.55 bits per heavy atom. The summed E-state index contributed by atoms with van der Waals surface area (Å²) >= 11 is 0. The molecule has 0 aromatic heterocycles. The fourth-order valence-corrected chi connectivity index (χ4v) is 6.30. The van der Waals surface area contributed by atoms with Crippen LogP contribution in [-0.2, 0) is 24.8 Å². The largest absolute Gasteiger partial charge is 0.383 e. The lowest BCUT2D eigenvalue weighted by molar-refractivity contribution is -0.121. The first-order valence-electron chi connectivity index (χ1n) is 11.1. The number of fused-ring (bicyclic) bond motifs is 1. The standard InChI is InChI=1S/C23H37N3O4S.2ClH/c1-16(2)14-31(28,29)19-7-8-20-21(9-19)26(15-23(20,4)5)22(27)12-25-11-17(3)24-10-18(25)13-30-6;;/h7-9,16-18,24H,10-15H2,1-6H3;2*1H/t17-,18-;;/m1../s1. The molecule has 1 aromatic rings. The minimum absolute atomic E-state index is 0. The van der Waals surface area contributed by atoms with Crippen LogP contribution in [0.4, 0.5) is 5.69 Å². The lowest BCUT2D eigenvalue weighted by Gasteiger charge is -2.39. The molecule has 3 rings (SSSR count). The van der Waals surface area contributed by atoms with Crippen LogP contribution in [0, 0.1) is 5.92 Å². The molecule has 2 aliphatic heterocycles. The van der Waals surface area contributed by atoms with Crippen LogP contribution in [-0.4, -0.2) is 77.0 Å². The molecule has 1 N–H and O–H groups in total. The molecular formula is C23H39Cl2N3O4S. The first kappa shape index (κ1) is 30.1. The van der Waals surface area contributed by atoms with Crippen molar-refractivity contribution < 1.29 is 17.9 Å². The fourth-order valence-electron chi connectivity index (χ4n) is 4.66. The van der Waals surface area contributed by atoms with Gasteiger partial charge in [-0.05, 0) is 30.5 Å². The van der Waals surface area contributed by atoms with Crippen molar-refractivity contribution in [3.8, 4) is 0 Å². The quantitative estimate of drug-likeness (QED) is 0.591. The summed E-state index contributed by atoms with van der Waals surface area (Å²) in [5.74, 6) is 0.140. The van der Waals surface area contributed by atoms with Crippen molar-refractivity contribution in [3.63, 3.8) is 0 Å². The monoisotopic (exact) mass is 523 g/mol. The molecule has 10 heteroatoms. The lowest BCUT2D eigenvalue weighted by Crippen LogP contribution is -2.59. The molecule has 7 nitrogen and oxygen atoms in total. The zero-order valence-electron chi connectivity index (χ0n) is 20.5. The summed E-state index contributed by atoms with van der Waals surface area (Å²) in [5, 5.41) is 3.44. The average molecular weight is 525 g/mol. The topological polar surface area (TPSA) is 79.0 Å². The van der Waals surface area contributed by atoms with Crippen LogP contribution in [0.5, 0.6) is 0 Å². The molecule has 2 aliphatic rings. The van der Waals surface area contributed by atoms with Crippen molar-refractivity contribution in [2.24, 2.45) is 5.92 Å². The van der Waals surface area contributed by atoms with Gasteiger partial charge in [0.1, 0.15) is 0 Å². The van der Waals surface area contributed by atoms with E-state index in [1.54, 1.807) is 24.1 Å². The Morgan fingerprint density at radius 1 is 1.27 bits per heavy atom. The van der Waals surface area contributed by atoms with Crippen LogP contribution in [0.15, 0.2) is 23.1 Å². The highest BCUT2D eigenvalue weighted by Crippen LogP contribution is 2.42. The van der Waals surface area contributed by atoms with Gasteiger partial charge in [-0.25, -0.2) is 8.42 Å². The first-order valence-corrected chi connectivity index (χ1v) is 12.7. The summed E-state index contributed by atoms with van der Waals surface area (Å²) in [6.07, 6.45) is 0. The van der Waals surface area contributed by atoms with Gasteiger partial charge in [0.2, 0.25) is 5.91 Å². The Morgan fingerprint density at radius 2 is 1.94 bits per heavy atom. The van der Waals surface area contributed by atoms with Crippen LogP contribution in [0.25, 0.3) is 0 Å². The van der Waals surface area contributed by atoms with Crippen LogP contribution >= 0.6 is 24.8 Å². The van der Waals surface area contributed by atoms with Gasteiger partial charge >= 0.3 is 0 Å². The van der Waals surface area contributed by atoms with E-state index < -0.39 is 9.84 Å². The van der Waals surface area contributed by atoms with Crippen LogP contribution < -0.4 is 10.2 Å². The Labute approximate surface area is 211 Å². The number of hydrogen-bond donors (Lipinski definition) is 1. The van der Waals surface area contributed by atoms with Gasteiger partial charge in [0.15, 0.2) is 9.84 Å².